The molecule has 0 saturated carbocycles. The molecule has 2 aliphatic rings. The number of rotatable bonds is 4. The summed E-state index contributed by atoms with van der Waals surface area (Å²) in [7, 11) is 0. The summed E-state index contributed by atoms with van der Waals surface area (Å²) in [6, 6.07) is -0.718. The minimum Gasteiger partial charge on any atom is -0.464 e. The van der Waals surface area contributed by atoms with E-state index in [1.807, 2.05) is 13.8 Å². The second-order valence-electron chi connectivity index (χ2n) is 5.63. The second-order valence-corrected chi connectivity index (χ2v) is 7.27. The molecule has 0 spiro atoms. The summed E-state index contributed by atoms with van der Waals surface area (Å²) < 4.78 is 9.63. The Morgan fingerprint density at radius 1 is 1.23 bits per heavy atom. The van der Waals surface area contributed by atoms with Gasteiger partial charge in [-0.05, 0) is 34.1 Å². The van der Waals surface area contributed by atoms with Crippen LogP contribution in [-0.4, -0.2) is 46.7 Å². The third-order valence-electron chi connectivity index (χ3n) is 3.64. The number of thioether (sulfide) groups is 1. The first-order chi connectivity index (χ1) is 10.3. The average Bonchev–Trinajstić information content (AvgIpc) is 2.71. The van der Waals surface area contributed by atoms with Crippen molar-refractivity contribution in [1.82, 2.24) is 4.90 Å². The lowest BCUT2D eigenvalue weighted by Gasteiger charge is -2.31. The molecule has 0 aliphatic carbocycles. The molecule has 122 valence electrons. The average molecular weight is 327 g/mol. The fourth-order valence-corrected chi connectivity index (χ4v) is 4.15. The molecule has 0 aromatic rings. The molecular formula is C15H21NO5S. The molecule has 1 atom stereocenters. The molecule has 0 radical (unpaired) electrons. The van der Waals surface area contributed by atoms with E-state index in [-0.39, 0.29) is 25.5 Å². The van der Waals surface area contributed by atoms with Crippen molar-refractivity contribution in [2.24, 2.45) is 0 Å². The number of carbonyl (C=O) groups is 3. The van der Waals surface area contributed by atoms with Gasteiger partial charge in [0.05, 0.1) is 23.8 Å². The number of amides is 1. The van der Waals surface area contributed by atoms with E-state index in [1.165, 1.54) is 16.7 Å². The Morgan fingerprint density at radius 3 is 2.45 bits per heavy atom. The zero-order valence-corrected chi connectivity index (χ0v) is 14.1. The molecule has 1 saturated heterocycles. The topological polar surface area (TPSA) is 72.9 Å². The Balaban J connectivity index is 2.45. The van der Waals surface area contributed by atoms with Crippen molar-refractivity contribution in [3.05, 3.63) is 10.6 Å². The van der Waals surface area contributed by atoms with Crippen LogP contribution in [0, 0.1) is 0 Å². The van der Waals surface area contributed by atoms with Crippen molar-refractivity contribution in [2.45, 2.75) is 51.3 Å². The zero-order chi connectivity index (χ0) is 16.5. The molecule has 0 aromatic heterocycles. The van der Waals surface area contributed by atoms with Crippen molar-refractivity contribution in [1.29, 1.82) is 0 Å². The summed E-state index contributed by atoms with van der Waals surface area (Å²) in [4.78, 5) is 38.2. The predicted octanol–water partition coefficient (Wildman–Crippen LogP) is 1.84. The van der Waals surface area contributed by atoms with Gasteiger partial charge in [-0.3, -0.25) is 9.69 Å². The van der Waals surface area contributed by atoms with Crippen LogP contribution in [0.25, 0.3) is 0 Å². The van der Waals surface area contributed by atoms with Crippen LogP contribution in [0.1, 0.15) is 40.5 Å². The van der Waals surface area contributed by atoms with Gasteiger partial charge < -0.3 is 9.47 Å². The number of esters is 2. The van der Waals surface area contributed by atoms with Gasteiger partial charge in [-0.25, -0.2) is 9.59 Å². The highest BCUT2D eigenvalue weighted by Crippen LogP contribution is 2.51. The summed E-state index contributed by atoms with van der Waals surface area (Å²) in [5, 5.41) is 0.540. The Hall–Kier alpha value is -1.50. The zero-order valence-electron chi connectivity index (χ0n) is 13.3. The summed E-state index contributed by atoms with van der Waals surface area (Å²) in [6.45, 7) is 7.75. The van der Waals surface area contributed by atoms with Crippen molar-refractivity contribution in [3.8, 4) is 0 Å². The predicted molar refractivity (Wildman–Crippen MR) is 81.8 cm³/mol. The Labute approximate surface area is 134 Å². The fraction of sp³-hybridized carbons (Fsp3) is 0.667. The molecule has 0 bridgehead atoms. The molecule has 2 rings (SSSR count). The summed E-state index contributed by atoms with van der Waals surface area (Å²) in [5.74, 6) is -1.00. The minimum atomic E-state index is -0.718. The van der Waals surface area contributed by atoms with Gasteiger partial charge in [0.15, 0.2) is 0 Å². The smallest absolute Gasteiger partial charge is 0.336 e. The molecule has 6 nitrogen and oxygen atoms in total. The molecule has 7 heteroatoms. The van der Waals surface area contributed by atoms with Gasteiger partial charge in [0.25, 0.3) is 0 Å². The number of carbonyl (C=O) groups excluding carboxylic acids is 3. The molecule has 2 aliphatic heterocycles. The maximum atomic E-state index is 12.3. The van der Waals surface area contributed by atoms with Crippen molar-refractivity contribution >= 4 is 29.6 Å². The summed E-state index contributed by atoms with van der Waals surface area (Å²) in [6.07, 6.45) is 0.548. The Morgan fingerprint density at radius 2 is 1.86 bits per heavy atom. The SMILES string of the molecule is CCOC(=O)C1=C2SC(C)(C)[C@H](C(=O)OCC)N2C(=O)CC1. The van der Waals surface area contributed by atoms with Crippen LogP contribution in [-0.2, 0) is 23.9 Å². The van der Waals surface area contributed by atoms with Crippen molar-refractivity contribution in [3.63, 3.8) is 0 Å². The largest absolute Gasteiger partial charge is 0.464 e. The first-order valence-corrected chi connectivity index (χ1v) is 8.23. The van der Waals surface area contributed by atoms with E-state index in [1.54, 1.807) is 13.8 Å². The number of ether oxygens (including phenoxy) is 2. The van der Waals surface area contributed by atoms with Gasteiger partial charge >= 0.3 is 11.9 Å². The molecule has 22 heavy (non-hydrogen) atoms. The normalized spacial score (nSPS) is 23.4. The highest BCUT2D eigenvalue weighted by Gasteiger charge is 2.54. The quantitative estimate of drug-likeness (QED) is 0.734. The van der Waals surface area contributed by atoms with Crippen molar-refractivity contribution < 1.29 is 23.9 Å². The second kappa shape index (κ2) is 6.32. The van der Waals surface area contributed by atoms with Gasteiger partial charge in [0.2, 0.25) is 5.91 Å². The molecule has 2 heterocycles. The third-order valence-corrected chi connectivity index (χ3v) is 5.03. The maximum absolute atomic E-state index is 12.3. The monoisotopic (exact) mass is 327 g/mol. The number of hydrogen-bond acceptors (Lipinski definition) is 6. The number of fused-ring (bicyclic) bond motifs is 1. The van der Waals surface area contributed by atoms with Gasteiger partial charge in [-0.2, -0.15) is 0 Å². The molecule has 0 N–H and O–H groups in total. The van der Waals surface area contributed by atoms with E-state index in [2.05, 4.69) is 0 Å². The van der Waals surface area contributed by atoms with E-state index < -0.39 is 22.7 Å². The lowest BCUT2D eigenvalue weighted by molar-refractivity contribution is -0.154. The van der Waals surface area contributed by atoms with Crippen LogP contribution < -0.4 is 0 Å². The summed E-state index contributed by atoms with van der Waals surface area (Å²) >= 11 is 1.36. The van der Waals surface area contributed by atoms with Gasteiger partial charge in [-0.1, -0.05) is 11.8 Å². The first-order valence-electron chi connectivity index (χ1n) is 7.41. The molecule has 0 aromatic carbocycles. The van der Waals surface area contributed by atoms with Gasteiger partial charge in [-0.15, -0.1) is 0 Å². The highest BCUT2D eigenvalue weighted by molar-refractivity contribution is 8.04. The fourth-order valence-electron chi connectivity index (χ4n) is 2.72. The minimum absolute atomic E-state index is 0.154. The van der Waals surface area contributed by atoms with Crippen LogP contribution in [0.2, 0.25) is 0 Å². The van der Waals surface area contributed by atoms with Crippen LogP contribution in [0.5, 0.6) is 0 Å². The maximum Gasteiger partial charge on any atom is 0.336 e. The van der Waals surface area contributed by atoms with Crippen molar-refractivity contribution in [2.75, 3.05) is 13.2 Å². The lowest BCUT2D eigenvalue weighted by Crippen LogP contribution is -2.50. The molecule has 0 unspecified atom stereocenters. The molecule has 1 fully saturated rings. The third kappa shape index (κ3) is 2.86. The van der Waals surface area contributed by atoms with E-state index >= 15 is 0 Å². The molecule has 1 amide bonds. The number of nitrogens with zero attached hydrogens (tertiary/aromatic N) is 1. The number of hydrogen-bond donors (Lipinski definition) is 0. The highest BCUT2D eigenvalue weighted by atomic mass is 32.2. The van der Waals surface area contributed by atoms with Gasteiger partial charge in [0.1, 0.15) is 6.04 Å². The van der Waals surface area contributed by atoms with E-state index in [9.17, 15) is 14.4 Å². The van der Waals surface area contributed by atoms with E-state index in [4.69, 9.17) is 9.47 Å². The molecular weight excluding hydrogens is 306 g/mol. The Kier molecular flexibility index (Phi) is 4.84. The van der Waals surface area contributed by atoms with Gasteiger partial charge in [0, 0.05) is 11.2 Å². The Bertz CT molecular complexity index is 540. The summed E-state index contributed by atoms with van der Waals surface area (Å²) in [5.41, 5.74) is 0.478. The van der Waals surface area contributed by atoms with E-state index in [0.717, 1.165) is 0 Å². The lowest BCUT2D eigenvalue weighted by atomic mass is 9.98. The van der Waals surface area contributed by atoms with Crippen LogP contribution in [0.4, 0.5) is 0 Å². The first kappa shape index (κ1) is 16.9. The van der Waals surface area contributed by atoms with Crippen LogP contribution >= 0.6 is 11.8 Å². The van der Waals surface area contributed by atoms with Crippen LogP contribution in [0.3, 0.4) is 0 Å². The van der Waals surface area contributed by atoms with Crippen LogP contribution in [0.15, 0.2) is 10.6 Å². The van der Waals surface area contributed by atoms with E-state index in [0.29, 0.717) is 17.0 Å². The standard InChI is InChI=1S/C15H21NO5S/c1-5-20-13(18)9-7-8-10(17)16-11(14(19)21-6-2)15(3,4)22-12(9)16/h11H,5-8H2,1-4H3/t11-/m0/s1.